The number of hydrogen-bond acceptors (Lipinski definition) is 5. The Balaban J connectivity index is 1.65. The fraction of sp³-hybridized carbons (Fsp3) is 0.176. The minimum absolute atomic E-state index is 0.0895. The Labute approximate surface area is 147 Å². The van der Waals surface area contributed by atoms with E-state index in [1.165, 1.54) is 19.1 Å². The third-order valence-electron chi connectivity index (χ3n) is 3.46. The predicted molar refractivity (Wildman–Crippen MR) is 87.5 cm³/mol. The number of carbonyl (C=O) groups is 2. The summed E-state index contributed by atoms with van der Waals surface area (Å²) in [6.07, 6.45) is -1.16. The summed E-state index contributed by atoms with van der Waals surface area (Å²) >= 11 is 5.80. The lowest BCUT2D eigenvalue weighted by Gasteiger charge is -2.14. The van der Waals surface area contributed by atoms with Crippen LogP contribution in [-0.2, 0) is 9.53 Å². The number of hydrogen-bond donors (Lipinski definition) is 1. The topological polar surface area (TPSA) is 73.9 Å². The first kappa shape index (κ1) is 17.0. The zero-order chi connectivity index (χ0) is 18.0. The molecule has 6 nitrogen and oxygen atoms in total. The van der Waals surface area contributed by atoms with Gasteiger partial charge in [0, 0.05) is 11.8 Å². The summed E-state index contributed by atoms with van der Waals surface area (Å²) in [5.74, 6) is -1.34. The molecule has 0 aromatic heterocycles. The lowest BCUT2D eigenvalue weighted by atomic mass is 10.2. The van der Waals surface area contributed by atoms with Crippen molar-refractivity contribution in [3.05, 3.63) is 52.8 Å². The lowest BCUT2D eigenvalue weighted by molar-refractivity contribution is -0.123. The second kappa shape index (κ2) is 6.98. The first-order chi connectivity index (χ1) is 12.0. The quantitative estimate of drug-likeness (QED) is 0.841. The van der Waals surface area contributed by atoms with Gasteiger partial charge >= 0.3 is 5.97 Å². The molecule has 3 rings (SSSR count). The SMILES string of the molecule is CC(OC(=O)c1c(F)cccc1Cl)C(=O)Nc1ccc2c(c1)OCO2. The van der Waals surface area contributed by atoms with Crippen LogP contribution in [0.4, 0.5) is 10.1 Å². The van der Waals surface area contributed by atoms with E-state index in [4.69, 9.17) is 25.8 Å². The minimum Gasteiger partial charge on any atom is -0.454 e. The molecule has 0 fully saturated rings. The fourth-order valence-corrected chi connectivity index (χ4v) is 2.42. The largest absolute Gasteiger partial charge is 0.454 e. The van der Waals surface area contributed by atoms with E-state index in [1.54, 1.807) is 18.2 Å². The summed E-state index contributed by atoms with van der Waals surface area (Å²) in [7, 11) is 0. The van der Waals surface area contributed by atoms with Gasteiger partial charge in [-0.15, -0.1) is 0 Å². The molecule has 2 aromatic carbocycles. The van der Waals surface area contributed by atoms with E-state index in [-0.39, 0.29) is 11.8 Å². The zero-order valence-electron chi connectivity index (χ0n) is 13.0. The number of amides is 1. The third-order valence-corrected chi connectivity index (χ3v) is 3.78. The molecule has 1 aliphatic rings. The highest BCUT2D eigenvalue weighted by atomic mass is 35.5. The number of fused-ring (bicyclic) bond motifs is 1. The van der Waals surface area contributed by atoms with Crippen LogP contribution in [0.1, 0.15) is 17.3 Å². The maximum atomic E-state index is 13.7. The molecule has 2 aromatic rings. The molecular formula is C17H13ClFNO5. The Morgan fingerprint density at radius 1 is 1.24 bits per heavy atom. The molecule has 130 valence electrons. The van der Waals surface area contributed by atoms with Crippen LogP contribution >= 0.6 is 11.6 Å². The highest BCUT2D eigenvalue weighted by Gasteiger charge is 2.24. The molecule has 0 saturated heterocycles. The van der Waals surface area contributed by atoms with Gasteiger partial charge in [-0.05, 0) is 31.2 Å². The van der Waals surface area contributed by atoms with Gasteiger partial charge < -0.3 is 19.5 Å². The number of nitrogens with one attached hydrogen (secondary N) is 1. The first-order valence-corrected chi connectivity index (χ1v) is 7.69. The Morgan fingerprint density at radius 3 is 2.76 bits per heavy atom. The van der Waals surface area contributed by atoms with Crippen molar-refractivity contribution in [2.24, 2.45) is 0 Å². The number of anilines is 1. The summed E-state index contributed by atoms with van der Waals surface area (Å²) in [6.45, 7) is 1.49. The van der Waals surface area contributed by atoms with Crippen LogP contribution in [0.15, 0.2) is 36.4 Å². The summed E-state index contributed by atoms with van der Waals surface area (Å²) in [4.78, 5) is 24.2. The van der Waals surface area contributed by atoms with Gasteiger partial charge in [-0.3, -0.25) is 4.79 Å². The van der Waals surface area contributed by atoms with E-state index in [0.717, 1.165) is 6.07 Å². The van der Waals surface area contributed by atoms with Crippen molar-refractivity contribution >= 4 is 29.2 Å². The number of carbonyl (C=O) groups excluding carboxylic acids is 2. The summed E-state index contributed by atoms with van der Waals surface area (Å²) in [5, 5.41) is 2.49. The Hall–Kier alpha value is -2.80. The van der Waals surface area contributed by atoms with E-state index in [1.807, 2.05) is 0 Å². The number of rotatable bonds is 4. The van der Waals surface area contributed by atoms with Gasteiger partial charge in [0.15, 0.2) is 17.6 Å². The monoisotopic (exact) mass is 365 g/mol. The second-order valence-electron chi connectivity index (χ2n) is 5.20. The number of esters is 1. The molecule has 1 amide bonds. The summed E-state index contributed by atoms with van der Waals surface area (Å²) in [6, 6.07) is 8.66. The van der Waals surface area contributed by atoms with Crippen molar-refractivity contribution in [1.82, 2.24) is 0 Å². The van der Waals surface area contributed by atoms with Gasteiger partial charge in [0.25, 0.3) is 5.91 Å². The molecule has 1 atom stereocenters. The zero-order valence-corrected chi connectivity index (χ0v) is 13.8. The van der Waals surface area contributed by atoms with Crippen molar-refractivity contribution in [3.63, 3.8) is 0 Å². The second-order valence-corrected chi connectivity index (χ2v) is 5.61. The highest BCUT2D eigenvalue weighted by molar-refractivity contribution is 6.33. The van der Waals surface area contributed by atoms with Crippen molar-refractivity contribution < 1.29 is 28.2 Å². The number of ether oxygens (including phenoxy) is 3. The van der Waals surface area contributed by atoms with Crippen molar-refractivity contribution in [3.8, 4) is 11.5 Å². The van der Waals surface area contributed by atoms with E-state index in [9.17, 15) is 14.0 Å². The molecule has 1 N–H and O–H groups in total. The van der Waals surface area contributed by atoms with Gasteiger partial charge in [0.1, 0.15) is 11.4 Å². The summed E-state index contributed by atoms with van der Waals surface area (Å²) in [5.41, 5.74) is 0.0352. The average Bonchev–Trinajstić information content (AvgIpc) is 3.02. The maximum absolute atomic E-state index is 13.7. The minimum atomic E-state index is -1.16. The number of benzene rings is 2. The normalized spacial score (nSPS) is 13.2. The molecule has 0 radical (unpaired) electrons. The standard InChI is InChI=1S/C17H13ClFNO5/c1-9(25-17(22)15-11(18)3-2-4-12(15)19)16(21)20-10-5-6-13-14(7-10)24-8-23-13/h2-7,9H,8H2,1H3,(H,20,21). The van der Waals surface area contributed by atoms with Crippen LogP contribution < -0.4 is 14.8 Å². The van der Waals surface area contributed by atoms with E-state index < -0.39 is 29.4 Å². The van der Waals surface area contributed by atoms with Gasteiger partial charge in [-0.1, -0.05) is 17.7 Å². The van der Waals surface area contributed by atoms with Crippen LogP contribution in [0.25, 0.3) is 0 Å². The molecule has 0 saturated carbocycles. The highest BCUT2D eigenvalue weighted by Crippen LogP contribution is 2.34. The molecule has 8 heteroatoms. The van der Waals surface area contributed by atoms with Crippen LogP contribution in [0.5, 0.6) is 11.5 Å². The average molecular weight is 366 g/mol. The fourth-order valence-electron chi connectivity index (χ4n) is 2.18. The first-order valence-electron chi connectivity index (χ1n) is 7.31. The predicted octanol–water partition coefficient (Wildman–Crippen LogP) is 3.39. The van der Waals surface area contributed by atoms with E-state index >= 15 is 0 Å². The van der Waals surface area contributed by atoms with Gasteiger partial charge in [0.2, 0.25) is 6.79 Å². The Kier molecular flexibility index (Phi) is 4.76. The molecule has 1 unspecified atom stereocenters. The summed E-state index contributed by atoms with van der Waals surface area (Å²) < 4.78 is 29.1. The van der Waals surface area contributed by atoms with Crippen molar-refractivity contribution in [2.75, 3.05) is 12.1 Å². The van der Waals surface area contributed by atoms with E-state index in [0.29, 0.717) is 17.2 Å². The van der Waals surface area contributed by atoms with Crippen molar-refractivity contribution in [1.29, 1.82) is 0 Å². The number of halogens is 2. The molecule has 1 heterocycles. The molecule has 0 spiro atoms. The van der Waals surface area contributed by atoms with Crippen LogP contribution in [0.2, 0.25) is 5.02 Å². The smallest absolute Gasteiger partial charge is 0.343 e. The maximum Gasteiger partial charge on any atom is 0.343 e. The molecule has 0 bridgehead atoms. The Morgan fingerprint density at radius 2 is 2.00 bits per heavy atom. The van der Waals surface area contributed by atoms with E-state index in [2.05, 4.69) is 5.32 Å². The van der Waals surface area contributed by atoms with Crippen molar-refractivity contribution in [2.45, 2.75) is 13.0 Å². The molecule has 1 aliphatic heterocycles. The molecular weight excluding hydrogens is 353 g/mol. The van der Waals surface area contributed by atoms with Crippen LogP contribution in [0.3, 0.4) is 0 Å². The Bertz CT molecular complexity index is 822. The van der Waals surface area contributed by atoms with Gasteiger partial charge in [-0.2, -0.15) is 0 Å². The van der Waals surface area contributed by atoms with Gasteiger partial charge in [0.05, 0.1) is 5.02 Å². The molecule has 25 heavy (non-hydrogen) atoms. The molecule has 0 aliphatic carbocycles. The van der Waals surface area contributed by atoms with Crippen LogP contribution in [0, 0.1) is 5.82 Å². The van der Waals surface area contributed by atoms with Crippen LogP contribution in [-0.4, -0.2) is 24.8 Å². The third kappa shape index (κ3) is 3.66. The van der Waals surface area contributed by atoms with Gasteiger partial charge in [-0.25, -0.2) is 9.18 Å². The lowest BCUT2D eigenvalue weighted by Crippen LogP contribution is -2.30.